The van der Waals surface area contributed by atoms with E-state index in [0.717, 1.165) is 24.1 Å². The maximum Gasteiger partial charge on any atom is 0.243 e. The van der Waals surface area contributed by atoms with E-state index in [0.29, 0.717) is 13.0 Å². The molecule has 0 spiro atoms. The van der Waals surface area contributed by atoms with E-state index in [9.17, 15) is 9.59 Å². The molecule has 0 fully saturated rings. The van der Waals surface area contributed by atoms with Crippen LogP contribution in [0.3, 0.4) is 0 Å². The lowest BCUT2D eigenvalue weighted by molar-refractivity contribution is -0.125. The monoisotopic (exact) mass is 312 g/mol. The highest BCUT2D eigenvalue weighted by atomic mass is 16.2. The first-order chi connectivity index (χ1) is 11.2. The van der Waals surface area contributed by atoms with Crippen LogP contribution >= 0.6 is 0 Å². The van der Waals surface area contributed by atoms with Crippen molar-refractivity contribution in [1.82, 2.24) is 5.32 Å². The number of fused-ring (bicyclic) bond motifs is 1. The Bertz CT molecular complexity index is 636. The molecule has 0 saturated heterocycles. The van der Waals surface area contributed by atoms with Gasteiger partial charge in [-0.05, 0) is 43.7 Å². The number of hydrogen-bond acceptors (Lipinski definition) is 2. The molecule has 3 rings (SSSR count). The maximum atomic E-state index is 12.5. The third-order valence-corrected chi connectivity index (χ3v) is 4.75. The number of carbonyl (C=O) groups is 2. The number of allylic oxidation sites excluding steroid dienone is 1. The molecule has 0 bridgehead atoms. The average molecular weight is 312 g/mol. The number of carbonyl (C=O) groups excluding carboxylic acids is 2. The molecule has 0 saturated carbocycles. The summed E-state index contributed by atoms with van der Waals surface area (Å²) in [5, 5.41) is 3.02. The van der Waals surface area contributed by atoms with Gasteiger partial charge in [-0.1, -0.05) is 29.8 Å². The fourth-order valence-electron chi connectivity index (χ4n) is 3.58. The van der Waals surface area contributed by atoms with Gasteiger partial charge < -0.3 is 5.32 Å². The Morgan fingerprint density at radius 2 is 2.09 bits per heavy atom. The predicted molar refractivity (Wildman–Crippen MR) is 91.3 cm³/mol. The molecule has 23 heavy (non-hydrogen) atoms. The van der Waals surface area contributed by atoms with Crippen LogP contribution in [0.1, 0.15) is 44.6 Å². The SMILES string of the molecule is CC(=O)N1c2ccccc2C[C@H]1C(=O)NCCC1=CCCCC1. The Labute approximate surface area is 137 Å². The van der Waals surface area contributed by atoms with Crippen LogP contribution in [0, 0.1) is 0 Å². The van der Waals surface area contributed by atoms with Crippen molar-refractivity contribution in [3.05, 3.63) is 41.5 Å². The van der Waals surface area contributed by atoms with Gasteiger partial charge in [-0.25, -0.2) is 0 Å². The van der Waals surface area contributed by atoms with E-state index in [1.165, 1.54) is 31.8 Å². The van der Waals surface area contributed by atoms with Gasteiger partial charge in [0.2, 0.25) is 11.8 Å². The first-order valence-electron chi connectivity index (χ1n) is 8.50. The third kappa shape index (κ3) is 3.46. The van der Waals surface area contributed by atoms with Crippen molar-refractivity contribution in [3.8, 4) is 0 Å². The van der Waals surface area contributed by atoms with Crippen LogP contribution in [0.5, 0.6) is 0 Å². The second-order valence-electron chi connectivity index (χ2n) is 6.39. The van der Waals surface area contributed by atoms with E-state index in [1.807, 2.05) is 24.3 Å². The maximum absolute atomic E-state index is 12.5. The third-order valence-electron chi connectivity index (χ3n) is 4.75. The van der Waals surface area contributed by atoms with Gasteiger partial charge in [0.25, 0.3) is 0 Å². The summed E-state index contributed by atoms with van der Waals surface area (Å²) in [6.07, 6.45) is 8.70. The molecule has 4 nitrogen and oxygen atoms in total. The molecule has 2 aliphatic rings. The summed E-state index contributed by atoms with van der Waals surface area (Å²) < 4.78 is 0. The van der Waals surface area contributed by atoms with Crippen molar-refractivity contribution < 1.29 is 9.59 Å². The second-order valence-corrected chi connectivity index (χ2v) is 6.39. The molecule has 1 heterocycles. The molecular formula is C19H24N2O2. The van der Waals surface area contributed by atoms with Crippen LogP contribution in [0.15, 0.2) is 35.9 Å². The molecular weight excluding hydrogens is 288 g/mol. The minimum Gasteiger partial charge on any atom is -0.354 e. The van der Waals surface area contributed by atoms with Crippen LogP contribution in [0.2, 0.25) is 0 Å². The fourth-order valence-corrected chi connectivity index (χ4v) is 3.58. The van der Waals surface area contributed by atoms with Gasteiger partial charge in [-0.2, -0.15) is 0 Å². The number of anilines is 1. The summed E-state index contributed by atoms with van der Waals surface area (Å²) >= 11 is 0. The molecule has 1 aliphatic heterocycles. The van der Waals surface area contributed by atoms with Crippen molar-refractivity contribution in [2.75, 3.05) is 11.4 Å². The Kier molecular flexibility index (Phi) is 4.79. The second kappa shape index (κ2) is 6.99. The van der Waals surface area contributed by atoms with Crippen molar-refractivity contribution >= 4 is 17.5 Å². The van der Waals surface area contributed by atoms with E-state index >= 15 is 0 Å². The highest BCUT2D eigenvalue weighted by Gasteiger charge is 2.36. The van der Waals surface area contributed by atoms with Crippen molar-refractivity contribution in [1.29, 1.82) is 0 Å². The van der Waals surface area contributed by atoms with Crippen molar-refractivity contribution in [2.45, 2.75) is 51.5 Å². The zero-order chi connectivity index (χ0) is 16.2. The lowest BCUT2D eigenvalue weighted by Gasteiger charge is -2.23. The van der Waals surface area contributed by atoms with E-state index < -0.39 is 6.04 Å². The lowest BCUT2D eigenvalue weighted by atomic mass is 9.97. The molecule has 1 aromatic rings. The topological polar surface area (TPSA) is 49.4 Å². The zero-order valence-electron chi connectivity index (χ0n) is 13.7. The van der Waals surface area contributed by atoms with Gasteiger partial charge in [-0.15, -0.1) is 0 Å². The highest BCUT2D eigenvalue weighted by Crippen LogP contribution is 2.32. The number of nitrogens with zero attached hydrogens (tertiary/aromatic N) is 1. The van der Waals surface area contributed by atoms with Gasteiger partial charge >= 0.3 is 0 Å². The number of hydrogen-bond donors (Lipinski definition) is 1. The number of nitrogens with one attached hydrogen (secondary N) is 1. The molecule has 0 unspecified atom stereocenters. The Morgan fingerprint density at radius 3 is 2.83 bits per heavy atom. The lowest BCUT2D eigenvalue weighted by Crippen LogP contribution is -2.47. The minimum absolute atomic E-state index is 0.0483. The van der Waals surface area contributed by atoms with E-state index in [2.05, 4.69) is 11.4 Å². The molecule has 0 radical (unpaired) electrons. The molecule has 1 atom stereocenters. The van der Waals surface area contributed by atoms with Gasteiger partial charge in [0, 0.05) is 25.6 Å². The van der Waals surface area contributed by atoms with E-state index in [-0.39, 0.29) is 11.8 Å². The van der Waals surface area contributed by atoms with Crippen LogP contribution in [-0.4, -0.2) is 24.4 Å². The van der Waals surface area contributed by atoms with Crippen LogP contribution in [-0.2, 0) is 16.0 Å². The Balaban J connectivity index is 1.61. The molecule has 1 aromatic carbocycles. The first-order valence-corrected chi connectivity index (χ1v) is 8.50. The molecule has 122 valence electrons. The van der Waals surface area contributed by atoms with Gasteiger partial charge in [0.1, 0.15) is 6.04 Å². The average Bonchev–Trinajstić information content (AvgIpc) is 2.95. The smallest absolute Gasteiger partial charge is 0.243 e. The van der Waals surface area contributed by atoms with E-state index in [4.69, 9.17) is 0 Å². The quantitative estimate of drug-likeness (QED) is 0.869. The normalized spacial score (nSPS) is 20.0. The number of benzene rings is 1. The summed E-state index contributed by atoms with van der Waals surface area (Å²) in [6.45, 7) is 2.18. The van der Waals surface area contributed by atoms with Crippen LogP contribution in [0.25, 0.3) is 0 Å². The molecule has 0 aromatic heterocycles. The van der Waals surface area contributed by atoms with Gasteiger partial charge in [-0.3, -0.25) is 14.5 Å². The summed E-state index contributed by atoms with van der Waals surface area (Å²) in [7, 11) is 0. The number of rotatable bonds is 4. The predicted octanol–water partition coefficient (Wildman–Crippen LogP) is 2.97. The number of amides is 2. The van der Waals surface area contributed by atoms with Gasteiger partial charge in [0.05, 0.1) is 0 Å². The molecule has 4 heteroatoms. The molecule has 1 aliphatic carbocycles. The van der Waals surface area contributed by atoms with Crippen LogP contribution < -0.4 is 10.2 Å². The van der Waals surface area contributed by atoms with Gasteiger partial charge in [0.15, 0.2) is 0 Å². The van der Waals surface area contributed by atoms with Crippen molar-refractivity contribution in [3.63, 3.8) is 0 Å². The van der Waals surface area contributed by atoms with Crippen LogP contribution in [0.4, 0.5) is 5.69 Å². The Morgan fingerprint density at radius 1 is 1.26 bits per heavy atom. The molecule has 2 amide bonds. The standard InChI is InChI=1S/C19H24N2O2/c1-14(22)21-17-10-6-5-9-16(17)13-18(21)19(23)20-12-11-15-7-3-2-4-8-15/h5-7,9-10,18H,2-4,8,11-13H2,1H3,(H,20,23)/t18-/m0/s1. The zero-order valence-corrected chi connectivity index (χ0v) is 13.7. The largest absolute Gasteiger partial charge is 0.354 e. The summed E-state index contributed by atoms with van der Waals surface area (Å²) in [6, 6.07) is 7.35. The molecule has 1 N–H and O–H groups in total. The fraction of sp³-hybridized carbons (Fsp3) is 0.474. The summed E-state index contributed by atoms with van der Waals surface area (Å²) in [5.74, 6) is -0.127. The minimum atomic E-state index is -0.412. The first kappa shape index (κ1) is 15.8. The van der Waals surface area contributed by atoms with Crippen molar-refractivity contribution in [2.24, 2.45) is 0 Å². The summed E-state index contributed by atoms with van der Waals surface area (Å²) in [4.78, 5) is 26.2. The Hall–Kier alpha value is -2.10. The highest BCUT2D eigenvalue weighted by molar-refractivity contribution is 6.02. The number of para-hydroxylation sites is 1. The van der Waals surface area contributed by atoms with E-state index in [1.54, 1.807) is 4.90 Å². The summed E-state index contributed by atoms with van der Waals surface area (Å²) in [5.41, 5.74) is 3.39.